The third kappa shape index (κ3) is 0.337. The van der Waals surface area contributed by atoms with Crippen molar-refractivity contribution in [3.05, 3.63) is 12.7 Å². The van der Waals surface area contributed by atoms with Crippen LogP contribution in [0.25, 0.3) is 0 Å². The van der Waals surface area contributed by atoms with Crippen molar-refractivity contribution in [3.8, 4) is 5.95 Å². The van der Waals surface area contributed by atoms with Crippen LogP contribution in [0.3, 0.4) is 0 Å². The van der Waals surface area contributed by atoms with E-state index in [0.717, 1.165) is 12.7 Å². The van der Waals surface area contributed by atoms with E-state index in [2.05, 4.69) is 8.83 Å². The third-order valence-electron chi connectivity index (χ3n) is 0.393. The number of hydrogen-bond acceptors (Lipinski definition) is 2. The van der Waals surface area contributed by atoms with Crippen molar-refractivity contribution < 1.29 is 13.9 Å². The molecule has 0 bridgehead atoms. The molecule has 0 aliphatic rings. The van der Waals surface area contributed by atoms with Crippen LogP contribution in [0, 0.1) is 0 Å². The van der Waals surface area contributed by atoms with Crippen LogP contribution in [0.15, 0.2) is 21.6 Å². The molecule has 0 spiro atoms. The van der Waals surface area contributed by atoms with Gasteiger partial charge in [-0.3, -0.25) is 4.42 Å². The number of aromatic hydroxyl groups is 1. The van der Waals surface area contributed by atoms with E-state index in [4.69, 9.17) is 5.11 Å². The monoisotopic (exact) mass is 87.0 g/mol. The first-order chi connectivity index (χ1) is 2.89. The molecular weight excluding hydrogens is 84.0 g/mol. The van der Waals surface area contributed by atoms with Crippen molar-refractivity contribution in [2.24, 2.45) is 0 Å². The van der Waals surface area contributed by atoms with Gasteiger partial charge in [0.25, 0.3) is 0 Å². The molecule has 0 amide bonds. The molecule has 0 fully saturated rings. The fourth-order valence-electron chi connectivity index (χ4n) is 0.191. The maximum absolute atomic E-state index is 8.21. The van der Waals surface area contributed by atoms with Gasteiger partial charge in [-0.1, -0.05) is 0 Å². The molecule has 0 saturated carbocycles. The van der Waals surface area contributed by atoms with Crippen molar-refractivity contribution in [1.82, 2.24) is 0 Å². The summed E-state index contributed by atoms with van der Waals surface area (Å²) in [5.41, 5.74) is 0. The van der Waals surface area contributed by atoms with Gasteiger partial charge in [0.2, 0.25) is 0 Å². The average molecular weight is 87.1 g/mol. The lowest BCUT2D eigenvalue weighted by atomic mass is 11.0. The Kier molecular flexibility index (Phi) is 0.538. The lowest BCUT2D eigenvalue weighted by Gasteiger charge is -1.53. The molecule has 0 atom stereocenters. The second-order valence-corrected chi connectivity index (χ2v) is 0.806. The molecule has 6 heavy (non-hydrogen) atoms. The minimum Gasteiger partial charge on any atom is -0.455 e. The highest BCUT2D eigenvalue weighted by Gasteiger charge is 1.97. The second kappa shape index (κ2) is 1.01. The van der Waals surface area contributed by atoms with Crippen LogP contribution in [-0.2, 0) is 0 Å². The molecule has 0 aliphatic carbocycles. The van der Waals surface area contributed by atoms with Crippen molar-refractivity contribution in [1.29, 1.82) is 0 Å². The van der Waals surface area contributed by atoms with E-state index in [0.29, 0.717) is 0 Å². The van der Waals surface area contributed by atoms with Gasteiger partial charge < -0.3 is 5.11 Å². The minimum atomic E-state index is -0.199. The van der Waals surface area contributed by atoms with Gasteiger partial charge >= 0.3 is 18.7 Å². The van der Waals surface area contributed by atoms with Gasteiger partial charge in [0.15, 0.2) is 0 Å². The Balaban J connectivity index is 3.05. The zero-order chi connectivity index (χ0) is 4.41. The lowest BCUT2D eigenvalue weighted by Crippen LogP contribution is -1.40. The highest BCUT2D eigenvalue weighted by molar-refractivity contribution is 4.85. The Bertz CT molecular complexity index is 110. The topological polar surface area (TPSA) is 44.7 Å². The molecule has 0 unspecified atom stereocenters. The van der Waals surface area contributed by atoms with Gasteiger partial charge in [0, 0.05) is 0 Å². The average Bonchev–Trinajstić information content (AvgIpc) is 1.86. The largest absolute Gasteiger partial charge is 0.488 e. The first kappa shape index (κ1) is 3.21. The van der Waals surface area contributed by atoms with E-state index < -0.39 is 0 Å². The fourth-order valence-corrected chi connectivity index (χ4v) is 0.191. The normalized spacial score (nSPS) is 8.67. The summed E-state index contributed by atoms with van der Waals surface area (Å²) < 4.78 is 8.52. The quantitative estimate of drug-likeness (QED) is 0.477. The second-order valence-electron chi connectivity index (χ2n) is 0.806. The van der Waals surface area contributed by atoms with E-state index in [1.165, 1.54) is 0 Å². The Morgan fingerprint density at radius 1 is 1.83 bits per heavy atom. The number of hydrogen-bond donors (Lipinski definition) is 1. The third-order valence-corrected chi connectivity index (χ3v) is 0.393. The molecular formula is C3H3O3+. The van der Waals surface area contributed by atoms with Crippen LogP contribution in [0.2, 0.25) is 0 Å². The molecule has 0 saturated heterocycles. The Morgan fingerprint density at radius 3 is 2.83 bits per heavy atom. The maximum Gasteiger partial charge on any atom is 0.488 e. The summed E-state index contributed by atoms with van der Waals surface area (Å²) in [4.78, 5) is 0. The molecule has 0 aromatic carbocycles. The molecule has 3 nitrogen and oxygen atoms in total. The van der Waals surface area contributed by atoms with Gasteiger partial charge in [-0.25, -0.2) is 4.42 Å². The Hall–Kier alpha value is -0.990. The summed E-state index contributed by atoms with van der Waals surface area (Å²) in [6.07, 6.45) is 1.10. The summed E-state index contributed by atoms with van der Waals surface area (Å²) in [6, 6.07) is 0. The van der Waals surface area contributed by atoms with Crippen LogP contribution >= 0.6 is 0 Å². The minimum absolute atomic E-state index is 0.199. The van der Waals surface area contributed by atoms with E-state index in [1.807, 2.05) is 0 Å². The fraction of sp³-hybridized carbons (Fsp3) is 0. The molecule has 1 rings (SSSR count). The van der Waals surface area contributed by atoms with Gasteiger partial charge in [-0.05, 0) is 0 Å². The van der Waals surface area contributed by atoms with Gasteiger partial charge in [0.05, 0.1) is 0 Å². The first-order valence-electron chi connectivity index (χ1n) is 1.42. The van der Waals surface area contributed by atoms with Crippen LogP contribution in [0.1, 0.15) is 0 Å². The van der Waals surface area contributed by atoms with Gasteiger partial charge in [0.1, 0.15) is 0 Å². The van der Waals surface area contributed by atoms with E-state index >= 15 is 0 Å². The Labute approximate surface area is 33.8 Å². The highest BCUT2D eigenvalue weighted by Crippen LogP contribution is 2.04. The Morgan fingerprint density at radius 2 is 2.67 bits per heavy atom. The number of rotatable bonds is 0. The van der Waals surface area contributed by atoms with E-state index in [-0.39, 0.29) is 5.95 Å². The summed E-state index contributed by atoms with van der Waals surface area (Å²) in [5.74, 6) is -0.199. The standard InChI is InChI=1S/C3H2O3/c4-3-1-5-2-6-3/h1-2H/p+1. The van der Waals surface area contributed by atoms with E-state index in [1.54, 1.807) is 0 Å². The van der Waals surface area contributed by atoms with Crippen LogP contribution < -0.4 is 0 Å². The summed E-state index contributed by atoms with van der Waals surface area (Å²) in [7, 11) is 0. The van der Waals surface area contributed by atoms with E-state index in [9.17, 15) is 0 Å². The van der Waals surface area contributed by atoms with Crippen molar-refractivity contribution in [2.75, 3.05) is 0 Å². The molecule has 1 heterocycles. The summed E-state index contributed by atoms with van der Waals surface area (Å²) in [6.45, 7) is 1.04. The molecule has 1 N–H and O–H groups in total. The predicted octanol–water partition coefficient (Wildman–Crippen LogP) is 0.859. The highest BCUT2D eigenvalue weighted by atomic mass is 16.6. The van der Waals surface area contributed by atoms with Crippen molar-refractivity contribution in [2.45, 2.75) is 0 Å². The van der Waals surface area contributed by atoms with Crippen LogP contribution in [0.5, 0.6) is 5.95 Å². The van der Waals surface area contributed by atoms with Crippen molar-refractivity contribution in [3.63, 3.8) is 0 Å². The zero-order valence-electron chi connectivity index (χ0n) is 2.92. The SMILES string of the molecule is Oc1c[o+]co1. The molecule has 1 aromatic rings. The van der Waals surface area contributed by atoms with Gasteiger partial charge in [-0.2, -0.15) is 0 Å². The predicted molar refractivity (Wildman–Crippen MR) is 17.0 cm³/mol. The molecule has 0 aliphatic heterocycles. The first-order valence-corrected chi connectivity index (χ1v) is 1.42. The maximum atomic E-state index is 8.21. The smallest absolute Gasteiger partial charge is 0.455 e. The molecule has 32 valence electrons. The summed E-state index contributed by atoms with van der Waals surface area (Å²) in [5, 5.41) is 8.21. The van der Waals surface area contributed by atoms with Gasteiger partial charge in [-0.15, -0.1) is 0 Å². The molecule has 0 radical (unpaired) electrons. The van der Waals surface area contributed by atoms with Crippen molar-refractivity contribution >= 4 is 0 Å². The molecule has 1 aromatic heterocycles. The zero-order valence-corrected chi connectivity index (χ0v) is 2.92. The lowest BCUT2D eigenvalue weighted by molar-refractivity contribution is 0.326. The van der Waals surface area contributed by atoms with Crippen LogP contribution in [-0.4, -0.2) is 5.11 Å². The summed E-state index contributed by atoms with van der Waals surface area (Å²) >= 11 is 0. The molecule has 3 heteroatoms. The van der Waals surface area contributed by atoms with Crippen LogP contribution in [0.4, 0.5) is 0 Å².